The highest BCUT2D eigenvalue weighted by Gasteiger charge is 2.17. The number of amides is 1. The predicted octanol–water partition coefficient (Wildman–Crippen LogP) is 4.46. The number of aromatic carboxylic acids is 1. The number of carboxylic acids is 1. The van der Waals surface area contributed by atoms with Gasteiger partial charge < -0.3 is 19.9 Å². The van der Waals surface area contributed by atoms with E-state index < -0.39 is 11.9 Å². The molecule has 0 atom stereocenters. The first-order valence-corrected chi connectivity index (χ1v) is 8.39. The first-order valence-electron chi connectivity index (χ1n) is 7.21. The summed E-state index contributed by atoms with van der Waals surface area (Å²) in [6.45, 7) is 2.36. The van der Waals surface area contributed by atoms with Crippen LogP contribution in [0.25, 0.3) is 0 Å². The summed E-state index contributed by atoms with van der Waals surface area (Å²) in [5.74, 6) is -0.804. The van der Waals surface area contributed by atoms with Crippen molar-refractivity contribution in [3.8, 4) is 11.5 Å². The van der Waals surface area contributed by atoms with Gasteiger partial charge in [-0.3, -0.25) is 4.79 Å². The quantitative estimate of drug-likeness (QED) is 0.709. The van der Waals surface area contributed by atoms with Crippen LogP contribution in [0, 0.1) is 0 Å². The number of hydrogen-bond donors (Lipinski definition) is 2. The van der Waals surface area contributed by atoms with Gasteiger partial charge in [0.25, 0.3) is 5.91 Å². The van der Waals surface area contributed by atoms with Crippen molar-refractivity contribution in [2.75, 3.05) is 19.0 Å². The molecule has 2 rings (SSSR count). The van der Waals surface area contributed by atoms with Crippen molar-refractivity contribution < 1.29 is 24.2 Å². The standard InChI is InChI=1S/C17H15BrClNO5/c1-3-25-14-5-4-9(6-11(14)18)16(21)20-13-8-10(17(22)23)7-12(19)15(13)24-2/h4-8H,3H2,1-2H3,(H,20,21)(H,22,23). The van der Waals surface area contributed by atoms with Crippen LogP contribution in [0.3, 0.4) is 0 Å². The van der Waals surface area contributed by atoms with E-state index in [0.717, 1.165) is 0 Å². The lowest BCUT2D eigenvalue weighted by atomic mass is 10.1. The van der Waals surface area contributed by atoms with Crippen LogP contribution in [0.2, 0.25) is 5.02 Å². The highest BCUT2D eigenvalue weighted by Crippen LogP contribution is 2.35. The second kappa shape index (κ2) is 8.22. The van der Waals surface area contributed by atoms with Gasteiger partial charge in [0.05, 0.1) is 34.5 Å². The monoisotopic (exact) mass is 427 g/mol. The second-order valence-electron chi connectivity index (χ2n) is 4.88. The maximum absolute atomic E-state index is 12.5. The van der Waals surface area contributed by atoms with Crippen molar-refractivity contribution >= 4 is 45.1 Å². The van der Waals surface area contributed by atoms with E-state index in [4.69, 9.17) is 26.2 Å². The number of halogens is 2. The molecule has 0 aliphatic heterocycles. The molecule has 2 N–H and O–H groups in total. The second-order valence-corrected chi connectivity index (χ2v) is 6.14. The van der Waals surface area contributed by atoms with Crippen molar-refractivity contribution in [2.45, 2.75) is 6.92 Å². The van der Waals surface area contributed by atoms with Gasteiger partial charge in [-0.1, -0.05) is 11.6 Å². The number of hydrogen-bond acceptors (Lipinski definition) is 4. The number of anilines is 1. The number of methoxy groups -OCH3 is 1. The molecule has 25 heavy (non-hydrogen) atoms. The van der Waals surface area contributed by atoms with Gasteiger partial charge in [-0.15, -0.1) is 0 Å². The maximum atomic E-state index is 12.5. The average molecular weight is 429 g/mol. The fourth-order valence-corrected chi connectivity index (χ4v) is 2.92. The summed E-state index contributed by atoms with van der Waals surface area (Å²) < 4.78 is 11.2. The van der Waals surface area contributed by atoms with Gasteiger partial charge in [0.15, 0.2) is 5.75 Å². The summed E-state index contributed by atoms with van der Waals surface area (Å²) in [7, 11) is 1.38. The number of carbonyl (C=O) groups excluding carboxylic acids is 1. The van der Waals surface area contributed by atoms with Crippen LogP contribution in [0.1, 0.15) is 27.6 Å². The topological polar surface area (TPSA) is 84.9 Å². The number of ether oxygens (including phenoxy) is 2. The third-order valence-corrected chi connectivity index (χ3v) is 4.14. The highest BCUT2D eigenvalue weighted by atomic mass is 79.9. The first kappa shape index (κ1) is 19.1. The number of carboxylic acid groups (broad SMARTS) is 1. The Hall–Kier alpha value is -2.25. The Labute approximate surface area is 157 Å². The molecular weight excluding hydrogens is 414 g/mol. The molecule has 2 aromatic rings. The van der Waals surface area contributed by atoms with Crippen LogP contribution >= 0.6 is 27.5 Å². The lowest BCUT2D eigenvalue weighted by Gasteiger charge is -2.13. The zero-order valence-corrected chi connectivity index (χ0v) is 15.8. The Morgan fingerprint density at radius 2 is 1.96 bits per heavy atom. The van der Waals surface area contributed by atoms with Crippen molar-refractivity contribution in [2.24, 2.45) is 0 Å². The van der Waals surface area contributed by atoms with E-state index in [-0.39, 0.29) is 22.0 Å². The van der Waals surface area contributed by atoms with E-state index >= 15 is 0 Å². The fourth-order valence-electron chi connectivity index (χ4n) is 2.13. The Morgan fingerprint density at radius 1 is 1.24 bits per heavy atom. The molecule has 132 valence electrons. The number of nitrogens with one attached hydrogen (secondary N) is 1. The molecule has 0 aliphatic rings. The Balaban J connectivity index is 2.34. The SMILES string of the molecule is CCOc1ccc(C(=O)Nc2cc(C(=O)O)cc(Cl)c2OC)cc1Br. The maximum Gasteiger partial charge on any atom is 0.335 e. The smallest absolute Gasteiger partial charge is 0.335 e. The molecule has 0 spiro atoms. The van der Waals surface area contributed by atoms with E-state index in [1.165, 1.54) is 19.2 Å². The van der Waals surface area contributed by atoms with Gasteiger partial charge in [-0.2, -0.15) is 0 Å². The van der Waals surface area contributed by atoms with Crippen molar-refractivity contribution in [3.05, 3.63) is 51.0 Å². The van der Waals surface area contributed by atoms with Crippen LogP contribution < -0.4 is 14.8 Å². The average Bonchev–Trinajstić information content (AvgIpc) is 2.56. The van der Waals surface area contributed by atoms with Crippen LogP contribution in [0.4, 0.5) is 5.69 Å². The van der Waals surface area contributed by atoms with Crippen LogP contribution in [-0.4, -0.2) is 30.7 Å². The van der Waals surface area contributed by atoms with E-state index in [9.17, 15) is 9.59 Å². The first-order chi connectivity index (χ1) is 11.9. The molecule has 6 nitrogen and oxygen atoms in total. The molecule has 1 amide bonds. The van der Waals surface area contributed by atoms with Crippen LogP contribution in [0.15, 0.2) is 34.8 Å². The predicted molar refractivity (Wildman–Crippen MR) is 98.2 cm³/mol. The number of rotatable bonds is 6. The minimum Gasteiger partial charge on any atom is -0.493 e. The van der Waals surface area contributed by atoms with Crippen LogP contribution in [-0.2, 0) is 0 Å². The minimum atomic E-state index is -1.16. The third-order valence-electron chi connectivity index (χ3n) is 3.24. The molecule has 8 heteroatoms. The van der Waals surface area contributed by atoms with Crippen molar-refractivity contribution in [3.63, 3.8) is 0 Å². The zero-order chi connectivity index (χ0) is 18.6. The summed E-state index contributed by atoms with van der Waals surface area (Å²) in [5, 5.41) is 11.8. The zero-order valence-electron chi connectivity index (χ0n) is 13.4. The van der Waals surface area contributed by atoms with Gasteiger partial charge in [0.2, 0.25) is 0 Å². The molecule has 0 heterocycles. The number of carbonyl (C=O) groups is 2. The Kier molecular flexibility index (Phi) is 6.27. The summed E-state index contributed by atoms with van der Waals surface area (Å²) in [6.07, 6.45) is 0. The van der Waals surface area contributed by atoms with Gasteiger partial charge in [-0.25, -0.2) is 4.79 Å². The lowest BCUT2D eigenvalue weighted by Crippen LogP contribution is -2.14. The molecule has 2 aromatic carbocycles. The van der Waals surface area contributed by atoms with E-state index in [1.54, 1.807) is 18.2 Å². The summed E-state index contributed by atoms with van der Waals surface area (Å²) in [6, 6.07) is 7.41. The molecule has 0 bridgehead atoms. The van der Waals surface area contributed by atoms with Crippen molar-refractivity contribution in [1.29, 1.82) is 0 Å². The van der Waals surface area contributed by atoms with Gasteiger partial charge >= 0.3 is 5.97 Å². The van der Waals surface area contributed by atoms with E-state index in [2.05, 4.69) is 21.2 Å². The number of benzene rings is 2. The van der Waals surface area contributed by atoms with E-state index in [0.29, 0.717) is 22.4 Å². The highest BCUT2D eigenvalue weighted by molar-refractivity contribution is 9.10. The molecule has 0 radical (unpaired) electrons. The third kappa shape index (κ3) is 4.43. The molecule has 0 fully saturated rings. The van der Waals surface area contributed by atoms with Gasteiger partial charge in [0, 0.05) is 5.56 Å². The summed E-state index contributed by atoms with van der Waals surface area (Å²) >= 11 is 9.37. The molecule has 0 unspecified atom stereocenters. The largest absolute Gasteiger partial charge is 0.493 e. The minimum absolute atomic E-state index is 0.0611. The molecule has 0 aromatic heterocycles. The molecule has 0 saturated carbocycles. The molecule has 0 saturated heterocycles. The van der Waals surface area contributed by atoms with Crippen molar-refractivity contribution in [1.82, 2.24) is 0 Å². The molecule has 0 aliphatic carbocycles. The Morgan fingerprint density at radius 3 is 2.52 bits per heavy atom. The fraction of sp³-hybridized carbons (Fsp3) is 0.176. The summed E-state index contributed by atoms with van der Waals surface area (Å²) in [5.41, 5.74) is 0.464. The van der Waals surface area contributed by atoms with E-state index in [1.807, 2.05) is 6.92 Å². The normalized spacial score (nSPS) is 10.2. The Bertz CT molecular complexity index is 825. The lowest BCUT2D eigenvalue weighted by molar-refractivity contribution is 0.0696. The summed E-state index contributed by atoms with van der Waals surface area (Å²) in [4.78, 5) is 23.6. The van der Waals surface area contributed by atoms with Crippen LogP contribution in [0.5, 0.6) is 11.5 Å². The molecular formula is C17H15BrClNO5. The van der Waals surface area contributed by atoms with Gasteiger partial charge in [0.1, 0.15) is 5.75 Å². The van der Waals surface area contributed by atoms with Gasteiger partial charge in [-0.05, 0) is 53.2 Å².